The van der Waals surface area contributed by atoms with E-state index in [1.54, 1.807) is 0 Å². The van der Waals surface area contributed by atoms with E-state index in [-0.39, 0.29) is 12.6 Å². The molecule has 112 valence electrons. The zero-order valence-electron chi connectivity index (χ0n) is 11.9. The number of carbonyl (C=O) groups excluding carboxylic acids is 1. The number of carbonyl (C=O) groups is 1. The van der Waals surface area contributed by atoms with E-state index in [0.29, 0.717) is 19.3 Å². The maximum absolute atomic E-state index is 11.4. The van der Waals surface area contributed by atoms with Gasteiger partial charge in [-0.25, -0.2) is 0 Å². The summed E-state index contributed by atoms with van der Waals surface area (Å²) in [6.07, 6.45) is 8.87. The summed E-state index contributed by atoms with van der Waals surface area (Å²) in [5.41, 5.74) is 0. The van der Waals surface area contributed by atoms with Gasteiger partial charge in [0.15, 0.2) is 0 Å². The van der Waals surface area contributed by atoms with E-state index < -0.39 is 12.2 Å². The molecule has 1 saturated heterocycles. The van der Waals surface area contributed by atoms with Crippen molar-refractivity contribution in [1.29, 1.82) is 0 Å². The van der Waals surface area contributed by atoms with Gasteiger partial charge < -0.3 is 14.9 Å². The average Bonchev–Trinajstić information content (AvgIpc) is 2.39. The van der Waals surface area contributed by atoms with Crippen molar-refractivity contribution < 1.29 is 19.7 Å². The Bertz CT molecular complexity index is 242. The van der Waals surface area contributed by atoms with Gasteiger partial charge in [-0.1, -0.05) is 44.9 Å². The largest absolute Gasteiger partial charge is 0.466 e. The highest BCUT2D eigenvalue weighted by atomic mass is 16.5. The molecule has 2 N–H and O–H groups in total. The molecule has 4 nitrogen and oxygen atoms in total. The normalized spacial score (nSPS) is 29.7. The van der Waals surface area contributed by atoms with E-state index in [1.165, 1.54) is 25.7 Å². The van der Waals surface area contributed by atoms with Crippen molar-refractivity contribution >= 4 is 5.97 Å². The summed E-state index contributed by atoms with van der Waals surface area (Å²) >= 11 is 0. The summed E-state index contributed by atoms with van der Waals surface area (Å²) in [4.78, 5) is 11.4. The Morgan fingerprint density at radius 3 is 2.00 bits per heavy atom. The summed E-state index contributed by atoms with van der Waals surface area (Å²) in [7, 11) is 0. The van der Waals surface area contributed by atoms with Crippen LogP contribution in [0.1, 0.15) is 70.6 Å². The predicted octanol–water partition coefficient (Wildman–Crippen LogP) is 2.56. The summed E-state index contributed by atoms with van der Waals surface area (Å²) in [5, 5.41) is 19.5. The molecule has 0 bridgehead atoms. The van der Waals surface area contributed by atoms with Crippen LogP contribution in [0.2, 0.25) is 0 Å². The molecule has 1 heterocycles. The molecule has 0 radical (unpaired) electrons. The van der Waals surface area contributed by atoms with Crippen molar-refractivity contribution in [2.24, 2.45) is 0 Å². The molecular formula is C15H28O4. The fraction of sp³-hybridized carbons (Fsp3) is 0.933. The van der Waals surface area contributed by atoms with Crippen LogP contribution < -0.4 is 0 Å². The molecule has 1 aliphatic rings. The van der Waals surface area contributed by atoms with Crippen molar-refractivity contribution in [2.45, 2.75) is 82.8 Å². The Labute approximate surface area is 116 Å². The molecule has 0 spiro atoms. The van der Waals surface area contributed by atoms with Gasteiger partial charge in [0.05, 0.1) is 18.8 Å². The minimum Gasteiger partial charge on any atom is -0.466 e. The second-order valence-electron chi connectivity index (χ2n) is 5.51. The van der Waals surface area contributed by atoms with E-state index in [0.717, 1.165) is 25.7 Å². The van der Waals surface area contributed by atoms with Crippen LogP contribution in [0.3, 0.4) is 0 Å². The van der Waals surface area contributed by atoms with E-state index in [1.807, 2.05) is 0 Å². The zero-order valence-corrected chi connectivity index (χ0v) is 11.9. The van der Waals surface area contributed by atoms with Gasteiger partial charge in [-0.3, -0.25) is 4.79 Å². The summed E-state index contributed by atoms with van der Waals surface area (Å²) in [6.45, 7) is 0.205. The Morgan fingerprint density at radius 1 is 0.789 bits per heavy atom. The lowest BCUT2D eigenvalue weighted by atomic mass is 10.0. The van der Waals surface area contributed by atoms with Crippen molar-refractivity contribution in [2.75, 3.05) is 6.61 Å². The third-order valence-electron chi connectivity index (χ3n) is 3.75. The number of rotatable bonds is 0. The van der Waals surface area contributed by atoms with E-state index in [2.05, 4.69) is 0 Å². The topological polar surface area (TPSA) is 66.8 Å². The Hall–Kier alpha value is -0.610. The fourth-order valence-electron chi connectivity index (χ4n) is 2.43. The lowest BCUT2D eigenvalue weighted by molar-refractivity contribution is -0.145. The van der Waals surface area contributed by atoms with Crippen molar-refractivity contribution in [3.05, 3.63) is 0 Å². The van der Waals surface area contributed by atoms with E-state index >= 15 is 0 Å². The quantitative estimate of drug-likeness (QED) is 0.665. The lowest BCUT2D eigenvalue weighted by Crippen LogP contribution is -2.27. The second kappa shape index (κ2) is 10.2. The number of aliphatic hydroxyl groups is 2. The molecule has 1 unspecified atom stereocenters. The molecule has 0 saturated carbocycles. The van der Waals surface area contributed by atoms with Crippen molar-refractivity contribution in [3.8, 4) is 0 Å². The zero-order chi connectivity index (χ0) is 13.9. The third-order valence-corrected chi connectivity index (χ3v) is 3.75. The summed E-state index contributed by atoms with van der Waals surface area (Å²) in [6, 6.07) is 0. The molecule has 1 fully saturated rings. The van der Waals surface area contributed by atoms with Crippen LogP contribution in [-0.4, -0.2) is 35.0 Å². The first-order valence-electron chi connectivity index (χ1n) is 7.72. The van der Waals surface area contributed by atoms with Crippen LogP contribution in [0.4, 0.5) is 0 Å². The molecule has 1 rings (SSSR count). The monoisotopic (exact) mass is 272 g/mol. The molecule has 0 aromatic carbocycles. The smallest absolute Gasteiger partial charge is 0.305 e. The number of cyclic esters (lactones) is 1. The molecular weight excluding hydrogens is 244 g/mol. The molecule has 0 aliphatic carbocycles. The van der Waals surface area contributed by atoms with Gasteiger partial charge in [0, 0.05) is 12.8 Å². The molecule has 2 atom stereocenters. The van der Waals surface area contributed by atoms with Gasteiger partial charge >= 0.3 is 5.97 Å². The van der Waals surface area contributed by atoms with E-state index in [9.17, 15) is 15.0 Å². The van der Waals surface area contributed by atoms with Gasteiger partial charge in [0.25, 0.3) is 0 Å². The van der Waals surface area contributed by atoms with Crippen LogP contribution >= 0.6 is 0 Å². The molecule has 4 heteroatoms. The number of aliphatic hydroxyl groups excluding tert-OH is 2. The van der Waals surface area contributed by atoms with Gasteiger partial charge in [0.2, 0.25) is 0 Å². The molecule has 0 aromatic heterocycles. The standard InChI is InChI=1S/C15H28O4/c16-13-9-7-5-3-1-2-4-6-8-10-15(18)19-12-11-14(13)17/h13-14,16-17H,1-12H2/t13-,14?/m0/s1. The highest BCUT2D eigenvalue weighted by Gasteiger charge is 2.16. The Morgan fingerprint density at radius 2 is 1.32 bits per heavy atom. The number of esters is 1. The predicted molar refractivity (Wildman–Crippen MR) is 73.8 cm³/mol. The van der Waals surface area contributed by atoms with Gasteiger partial charge in [-0.2, -0.15) is 0 Å². The number of hydrogen-bond acceptors (Lipinski definition) is 4. The van der Waals surface area contributed by atoms with Crippen LogP contribution in [0.25, 0.3) is 0 Å². The van der Waals surface area contributed by atoms with E-state index in [4.69, 9.17) is 4.74 Å². The highest BCUT2D eigenvalue weighted by Crippen LogP contribution is 2.14. The fourth-order valence-corrected chi connectivity index (χ4v) is 2.43. The molecule has 0 aromatic rings. The SMILES string of the molecule is O=C1CCCCCCCCCC[C@H](O)C(O)CCO1. The summed E-state index contributed by atoms with van der Waals surface area (Å²) < 4.78 is 5.05. The van der Waals surface area contributed by atoms with Crippen molar-refractivity contribution in [3.63, 3.8) is 0 Å². The van der Waals surface area contributed by atoms with Gasteiger partial charge in [0.1, 0.15) is 0 Å². The van der Waals surface area contributed by atoms with Crippen LogP contribution in [0.5, 0.6) is 0 Å². The third kappa shape index (κ3) is 8.22. The first-order chi connectivity index (χ1) is 9.20. The van der Waals surface area contributed by atoms with Gasteiger partial charge in [-0.15, -0.1) is 0 Å². The average molecular weight is 272 g/mol. The second-order valence-corrected chi connectivity index (χ2v) is 5.51. The molecule has 0 amide bonds. The van der Waals surface area contributed by atoms with Gasteiger partial charge in [-0.05, 0) is 12.8 Å². The summed E-state index contributed by atoms with van der Waals surface area (Å²) in [5.74, 6) is -0.186. The minimum atomic E-state index is -0.777. The van der Waals surface area contributed by atoms with Crippen molar-refractivity contribution in [1.82, 2.24) is 0 Å². The lowest BCUT2D eigenvalue weighted by Gasteiger charge is -2.17. The first kappa shape index (κ1) is 16.4. The molecule has 1 aliphatic heterocycles. The maximum atomic E-state index is 11.4. The number of ether oxygens (including phenoxy) is 1. The van der Waals surface area contributed by atoms with Crippen LogP contribution in [0.15, 0.2) is 0 Å². The minimum absolute atomic E-state index is 0.186. The molecule has 19 heavy (non-hydrogen) atoms. The highest BCUT2D eigenvalue weighted by molar-refractivity contribution is 5.69. The van der Waals surface area contributed by atoms with Crippen LogP contribution in [-0.2, 0) is 9.53 Å². The number of hydrogen-bond donors (Lipinski definition) is 2. The maximum Gasteiger partial charge on any atom is 0.305 e. The first-order valence-corrected chi connectivity index (χ1v) is 7.72. The Balaban J connectivity index is 2.30. The Kier molecular flexibility index (Phi) is 8.84. The van der Waals surface area contributed by atoms with Crippen LogP contribution in [0, 0.1) is 0 Å².